The Hall–Kier alpha value is -1.97. The Balaban J connectivity index is 1.65. The summed E-state index contributed by atoms with van der Waals surface area (Å²) >= 11 is 0. The van der Waals surface area contributed by atoms with Gasteiger partial charge in [0.2, 0.25) is 21.8 Å². The fourth-order valence-corrected chi connectivity index (χ4v) is 3.57. The van der Waals surface area contributed by atoms with Gasteiger partial charge in [0, 0.05) is 31.2 Å². The highest BCUT2D eigenvalue weighted by Crippen LogP contribution is 2.31. The lowest BCUT2D eigenvalue weighted by Gasteiger charge is -2.18. The predicted molar refractivity (Wildman–Crippen MR) is 92.0 cm³/mol. The van der Waals surface area contributed by atoms with Gasteiger partial charge in [0.25, 0.3) is 0 Å². The van der Waals surface area contributed by atoms with Gasteiger partial charge in [0.1, 0.15) is 0 Å². The summed E-state index contributed by atoms with van der Waals surface area (Å²) < 4.78 is 22.9. The number of carbonyl (C=O) groups is 2. The predicted octanol–water partition coefficient (Wildman–Crippen LogP) is -0.460. The van der Waals surface area contributed by atoms with Crippen LogP contribution >= 0.6 is 0 Å². The van der Waals surface area contributed by atoms with E-state index in [1.165, 1.54) is 23.1 Å². The molecule has 5 N–H and O–H groups in total. The first-order valence-corrected chi connectivity index (χ1v) is 9.77. The number of hydrogen-bond acceptors (Lipinski definition) is 5. The van der Waals surface area contributed by atoms with Crippen LogP contribution in [0.5, 0.6) is 0 Å². The van der Waals surface area contributed by atoms with Crippen molar-refractivity contribution >= 4 is 27.5 Å². The van der Waals surface area contributed by atoms with Crippen molar-refractivity contribution in [3.8, 4) is 0 Å². The van der Waals surface area contributed by atoms with E-state index in [0.717, 1.165) is 12.8 Å². The minimum absolute atomic E-state index is 0.0383. The van der Waals surface area contributed by atoms with E-state index in [1.54, 1.807) is 6.07 Å². The van der Waals surface area contributed by atoms with Gasteiger partial charge in [-0.3, -0.25) is 9.59 Å². The molecule has 2 unspecified atom stereocenters. The summed E-state index contributed by atoms with van der Waals surface area (Å²) in [7, 11) is -3.85. The second-order valence-electron chi connectivity index (χ2n) is 6.69. The highest BCUT2D eigenvalue weighted by Gasteiger charge is 2.36. The smallest absolute Gasteiger partial charge is 0.238 e. The van der Waals surface area contributed by atoms with Crippen molar-refractivity contribution in [3.63, 3.8) is 0 Å². The third-order valence-corrected chi connectivity index (χ3v) is 5.60. The van der Waals surface area contributed by atoms with Crippen LogP contribution in [0, 0.1) is 11.8 Å². The van der Waals surface area contributed by atoms with Gasteiger partial charge in [0.05, 0.1) is 10.8 Å². The fourth-order valence-electron chi connectivity index (χ4n) is 3.01. The first kappa shape index (κ1) is 17.8. The summed E-state index contributed by atoms with van der Waals surface area (Å²) in [5.74, 6) is -0.409. The number of nitrogens with two attached hydrogens (primary N) is 2. The van der Waals surface area contributed by atoms with E-state index in [4.69, 9.17) is 10.9 Å². The highest BCUT2D eigenvalue weighted by atomic mass is 32.2. The van der Waals surface area contributed by atoms with Crippen LogP contribution in [0.1, 0.15) is 19.3 Å². The van der Waals surface area contributed by atoms with Crippen molar-refractivity contribution < 1.29 is 18.0 Å². The SMILES string of the molecule is NC(CNC(=O)C1CC(=O)N(c2cccc(S(N)(=O)=O)c2)C1)C1CC1. The maximum Gasteiger partial charge on any atom is 0.238 e. The summed E-state index contributed by atoms with van der Waals surface area (Å²) in [6, 6.07) is 5.81. The van der Waals surface area contributed by atoms with Crippen LogP contribution in [0.3, 0.4) is 0 Å². The van der Waals surface area contributed by atoms with Gasteiger partial charge in [-0.25, -0.2) is 13.6 Å². The molecule has 8 nitrogen and oxygen atoms in total. The molecule has 0 bridgehead atoms. The lowest BCUT2D eigenvalue weighted by Crippen LogP contribution is -2.41. The normalized spacial score (nSPS) is 22.1. The van der Waals surface area contributed by atoms with Crippen LogP contribution in [0.2, 0.25) is 0 Å². The molecule has 1 aliphatic carbocycles. The molecule has 1 aromatic rings. The molecular formula is C16H22N4O4S. The molecule has 1 aromatic carbocycles. The Labute approximate surface area is 146 Å². The number of nitrogens with one attached hydrogen (secondary N) is 1. The number of nitrogens with zero attached hydrogens (tertiary/aromatic N) is 1. The van der Waals surface area contributed by atoms with Crippen molar-refractivity contribution in [1.82, 2.24) is 5.32 Å². The topological polar surface area (TPSA) is 136 Å². The van der Waals surface area contributed by atoms with Crippen LogP contribution in [0.15, 0.2) is 29.2 Å². The quantitative estimate of drug-likeness (QED) is 0.626. The second-order valence-corrected chi connectivity index (χ2v) is 8.26. The van der Waals surface area contributed by atoms with E-state index in [0.29, 0.717) is 18.2 Å². The Morgan fingerprint density at radius 3 is 2.72 bits per heavy atom. The highest BCUT2D eigenvalue weighted by molar-refractivity contribution is 7.89. The molecule has 2 fully saturated rings. The molecule has 0 spiro atoms. The molecular weight excluding hydrogens is 344 g/mol. The van der Waals surface area contributed by atoms with Crippen molar-refractivity contribution in [3.05, 3.63) is 24.3 Å². The van der Waals surface area contributed by atoms with Gasteiger partial charge >= 0.3 is 0 Å². The minimum Gasteiger partial charge on any atom is -0.354 e. The fraction of sp³-hybridized carbons (Fsp3) is 0.500. The van der Waals surface area contributed by atoms with Crippen molar-refractivity contribution in [2.75, 3.05) is 18.0 Å². The zero-order valence-corrected chi connectivity index (χ0v) is 14.5. The molecule has 0 aromatic heterocycles. The molecule has 1 saturated carbocycles. The van der Waals surface area contributed by atoms with E-state index < -0.39 is 15.9 Å². The maximum absolute atomic E-state index is 12.3. The standard InChI is InChI=1S/C16H22N4O4S/c17-14(10-4-5-10)8-19-16(22)11-6-15(21)20(9-11)12-2-1-3-13(7-12)25(18,23)24/h1-3,7,10-11,14H,4-6,8-9,17H2,(H,19,22)(H2,18,23,24). The molecule has 2 atom stereocenters. The van der Waals surface area contributed by atoms with Gasteiger partial charge in [-0.05, 0) is 37.0 Å². The van der Waals surface area contributed by atoms with Crippen LogP contribution in [-0.2, 0) is 19.6 Å². The van der Waals surface area contributed by atoms with Crippen LogP contribution in [0.4, 0.5) is 5.69 Å². The number of primary sulfonamides is 1. The van der Waals surface area contributed by atoms with E-state index >= 15 is 0 Å². The number of amides is 2. The summed E-state index contributed by atoms with van der Waals surface area (Å²) in [6.45, 7) is 0.618. The molecule has 0 radical (unpaired) electrons. The summed E-state index contributed by atoms with van der Waals surface area (Å²) in [4.78, 5) is 25.9. The molecule has 1 heterocycles. The molecule has 2 amide bonds. The largest absolute Gasteiger partial charge is 0.354 e. The third kappa shape index (κ3) is 4.17. The summed E-state index contributed by atoms with van der Waals surface area (Å²) in [5, 5.41) is 7.94. The van der Waals surface area contributed by atoms with Crippen LogP contribution < -0.4 is 21.1 Å². The van der Waals surface area contributed by atoms with Crippen molar-refractivity contribution in [2.45, 2.75) is 30.2 Å². The molecule has 136 valence electrons. The summed E-state index contributed by atoms with van der Waals surface area (Å²) in [6.07, 6.45) is 2.30. The van der Waals surface area contributed by atoms with E-state index in [9.17, 15) is 18.0 Å². The average molecular weight is 366 g/mol. The van der Waals surface area contributed by atoms with Gasteiger partial charge < -0.3 is 16.0 Å². The number of anilines is 1. The van der Waals surface area contributed by atoms with Gasteiger partial charge in [0.15, 0.2) is 0 Å². The Kier molecular flexibility index (Phi) is 4.81. The van der Waals surface area contributed by atoms with Gasteiger partial charge in [-0.15, -0.1) is 0 Å². The van der Waals surface area contributed by atoms with E-state index in [-0.39, 0.29) is 35.7 Å². The minimum atomic E-state index is -3.85. The number of sulfonamides is 1. The number of carbonyl (C=O) groups excluding carboxylic acids is 2. The monoisotopic (exact) mass is 366 g/mol. The molecule has 3 rings (SSSR count). The van der Waals surface area contributed by atoms with E-state index in [2.05, 4.69) is 5.32 Å². The second kappa shape index (κ2) is 6.74. The van der Waals surface area contributed by atoms with Crippen LogP contribution in [-0.4, -0.2) is 39.4 Å². The number of hydrogen-bond donors (Lipinski definition) is 3. The zero-order valence-electron chi connectivity index (χ0n) is 13.7. The van der Waals surface area contributed by atoms with Gasteiger partial charge in [-0.2, -0.15) is 0 Å². The first-order chi connectivity index (χ1) is 11.8. The summed E-state index contributed by atoms with van der Waals surface area (Å²) in [5.41, 5.74) is 6.39. The van der Waals surface area contributed by atoms with Crippen molar-refractivity contribution in [2.24, 2.45) is 22.7 Å². The van der Waals surface area contributed by atoms with Crippen molar-refractivity contribution in [1.29, 1.82) is 0 Å². The Morgan fingerprint density at radius 1 is 1.36 bits per heavy atom. The van der Waals surface area contributed by atoms with Crippen LogP contribution in [0.25, 0.3) is 0 Å². The molecule has 9 heteroatoms. The Morgan fingerprint density at radius 2 is 2.08 bits per heavy atom. The Bertz CT molecular complexity index is 791. The molecule has 25 heavy (non-hydrogen) atoms. The average Bonchev–Trinajstić information content (AvgIpc) is 3.34. The molecule has 1 saturated heterocycles. The maximum atomic E-state index is 12.3. The number of benzene rings is 1. The van der Waals surface area contributed by atoms with Gasteiger partial charge in [-0.1, -0.05) is 6.07 Å². The third-order valence-electron chi connectivity index (χ3n) is 4.69. The number of rotatable bonds is 6. The molecule has 1 aliphatic heterocycles. The zero-order chi connectivity index (χ0) is 18.2. The van der Waals surface area contributed by atoms with E-state index in [1.807, 2.05) is 0 Å². The molecule has 2 aliphatic rings. The lowest BCUT2D eigenvalue weighted by molar-refractivity contribution is -0.126. The lowest BCUT2D eigenvalue weighted by atomic mass is 10.1. The first-order valence-electron chi connectivity index (χ1n) is 8.22.